The summed E-state index contributed by atoms with van der Waals surface area (Å²) in [5.41, 5.74) is 3.40. The molecule has 0 N–H and O–H groups in total. The van der Waals surface area contributed by atoms with Crippen molar-refractivity contribution in [2.24, 2.45) is 0 Å². The first kappa shape index (κ1) is 9.08. The van der Waals surface area contributed by atoms with Crippen molar-refractivity contribution in [2.45, 2.75) is 26.2 Å². The molecule has 0 bridgehead atoms. The molecule has 0 aromatic carbocycles. The van der Waals surface area contributed by atoms with Crippen LogP contribution >= 0.6 is 0 Å². The molecule has 0 atom stereocenters. The number of allylic oxidation sites excluding steroid dienone is 4. The average molecular weight is 187 g/mol. The topological polar surface area (TPSA) is 20.3 Å². The van der Waals surface area contributed by atoms with Gasteiger partial charge in [-0.05, 0) is 24.8 Å². The molecule has 2 heteroatoms. The summed E-state index contributed by atoms with van der Waals surface area (Å²) in [6, 6.07) is 0. The molecule has 2 aliphatic rings. The van der Waals surface area contributed by atoms with Crippen LogP contribution in [0.3, 0.4) is 0 Å². The summed E-state index contributed by atoms with van der Waals surface area (Å²) in [5, 5.41) is 0. The van der Waals surface area contributed by atoms with Gasteiger partial charge in [-0.3, -0.25) is 4.79 Å². The number of carbonyl (C=O) groups excluding carboxylic acids is 1. The van der Waals surface area contributed by atoms with Crippen molar-refractivity contribution in [1.82, 2.24) is 4.90 Å². The molecular formula is C12H13NO. The fourth-order valence-corrected chi connectivity index (χ4v) is 1.79. The molecule has 2 rings (SSSR count). The van der Waals surface area contributed by atoms with Gasteiger partial charge in [0.15, 0.2) is 0 Å². The normalized spacial score (nSPS) is 20.9. The van der Waals surface area contributed by atoms with Gasteiger partial charge in [0.1, 0.15) is 0 Å². The quantitative estimate of drug-likeness (QED) is 0.530. The van der Waals surface area contributed by atoms with Crippen LogP contribution in [-0.2, 0) is 4.79 Å². The molecule has 72 valence electrons. The average Bonchev–Trinajstić information content (AvgIpc) is 2.34. The van der Waals surface area contributed by atoms with E-state index in [1.807, 2.05) is 0 Å². The van der Waals surface area contributed by atoms with Crippen molar-refractivity contribution in [3.05, 3.63) is 22.9 Å². The monoisotopic (exact) mass is 187 g/mol. The second-order valence-electron chi connectivity index (χ2n) is 3.80. The van der Waals surface area contributed by atoms with Crippen molar-refractivity contribution in [3.8, 4) is 11.8 Å². The van der Waals surface area contributed by atoms with Crippen molar-refractivity contribution in [3.63, 3.8) is 0 Å². The summed E-state index contributed by atoms with van der Waals surface area (Å²) in [7, 11) is 1.81. The lowest BCUT2D eigenvalue weighted by atomic mass is 10.0. The Balaban J connectivity index is 2.47. The van der Waals surface area contributed by atoms with Crippen LogP contribution in [0.2, 0.25) is 0 Å². The highest BCUT2D eigenvalue weighted by Gasteiger charge is 2.21. The molecule has 0 aromatic heterocycles. The van der Waals surface area contributed by atoms with E-state index in [1.54, 1.807) is 11.9 Å². The van der Waals surface area contributed by atoms with Crippen LogP contribution in [0.5, 0.6) is 0 Å². The lowest BCUT2D eigenvalue weighted by Gasteiger charge is -2.24. The van der Waals surface area contributed by atoms with Gasteiger partial charge in [0.05, 0.1) is 5.70 Å². The molecule has 1 amide bonds. The molecule has 0 fully saturated rings. The maximum atomic E-state index is 11.4. The molecule has 0 unspecified atom stereocenters. The van der Waals surface area contributed by atoms with Crippen LogP contribution < -0.4 is 0 Å². The molecule has 14 heavy (non-hydrogen) atoms. The molecule has 1 aliphatic carbocycles. The van der Waals surface area contributed by atoms with Crippen molar-refractivity contribution in [2.75, 3.05) is 7.05 Å². The highest BCUT2D eigenvalue weighted by Crippen LogP contribution is 2.25. The Bertz CT molecular complexity index is 404. The summed E-state index contributed by atoms with van der Waals surface area (Å²) in [4.78, 5) is 13.1. The second kappa shape index (κ2) is 3.34. The minimum atomic E-state index is 0.172. The molecule has 0 aromatic rings. The fourth-order valence-electron chi connectivity index (χ4n) is 1.79. The summed E-state index contributed by atoms with van der Waals surface area (Å²) in [6.07, 6.45) is 4.42. The van der Waals surface area contributed by atoms with Crippen LogP contribution in [0.15, 0.2) is 22.9 Å². The van der Waals surface area contributed by atoms with Crippen LogP contribution in [0.25, 0.3) is 0 Å². The first-order valence-corrected chi connectivity index (χ1v) is 4.84. The van der Waals surface area contributed by atoms with Crippen LogP contribution in [0.1, 0.15) is 26.2 Å². The SMILES string of the molecule is CC1=CC2=C(C#CC1)N(C)C(=O)CC2. The highest BCUT2D eigenvalue weighted by atomic mass is 16.2. The molecule has 0 radical (unpaired) electrons. The van der Waals surface area contributed by atoms with Gasteiger partial charge >= 0.3 is 0 Å². The molecule has 2 nitrogen and oxygen atoms in total. The number of hydrogen-bond donors (Lipinski definition) is 0. The Labute approximate surface area is 84.3 Å². The van der Waals surface area contributed by atoms with E-state index < -0.39 is 0 Å². The zero-order valence-corrected chi connectivity index (χ0v) is 8.55. The Hall–Kier alpha value is -1.49. The Kier molecular flexibility index (Phi) is 2.17. The predicted octanol–water partition coefficient (Wildman–Crippen LogP) is 1.85. The third-order valence-electron chi connectivity index (χ3n) is 2.62. The maximum Gasteiger partial charge on any atom is 0.227 e. The van der Waals surface area contributed by atoms with Crippen molar-refractivity contribution >= 4 is 5.91 Å². The Morgan fingerprint density at radius 1 is 1.43 bits per heavy atom. The van der Waals surface area contributed by atoms with E-state index >= 15 is 0 Å². The van der Waals surface area contributed by atoms with Gasteiger partial charge in [0, 0.05) is 19.9 Å². The van der Waals surface area contributed by atoms with E-state index in [9.17, 15) is 4.79 Å². The van der Waals surface area contributed by atoms with Crippen molar-refractivity contribution in [1.29, 1.82) is 0 Å². The number of nitrogens with zero attached hydrogens (tertiary/aromatic N) is 1. The zero-order valence-electron chi connectivity index (χ0n) is 8.55. The van der Waals surface area contributed by atoms with Crippen LogP contribution in [0.4, 0.5) is 0 Å². The van der Waals surface area contributed by atoms with Gasteiger partial charge < -0.3 is 4.90 Å². The van der Waals surface area contributed by atoms with Crippen LogP contribution in [-0.4, -0.2) is 17.9 Å². The standard InChI is InChI=1S/C12H13NO/c1-9-4-3-5-11-10(8-9)6-7-12(14)13(11)2/h8H,4,6-7H2,1-2H3. The third-order valence-corrected chi connectivity index (χ3v) is 2.62. The number of rotatable bonds is 0. The molecule has 0 saturated heterocycles. The Morgan fingerprint density at radius 3 is 3.00 bits per heavy atom. The van der Waals surface area contributed by atoms with E-state index in [0.717, 1.165) is 18.5 Å². The molecule has 1 heterocycles. The Morgan fingerprint density at radius 2 is 2.21 bits per heavy atom. The molecular weight excluding hydrogens is 174 g/mol. The fraction of sp³-hybridized carbons (Fsp3) is 0.417. The number of hydrogen-bond acceptors (Lipinski definition) is 1. The van der Waals surface area contributed by atoms with Gasteiger partial charge in [0.2, 0.25) is 5.91 Å². The van der Waals surface area contributed by atoms with Crippen molar-refractivity contribution < 1.29 is 4.79 Å². The molecule has 0 saturated carbocycles. The minimum Gasteiger partial charge on any atom is -0.308 e. The predicted molar refractivity (Wildman–Crippen MR) is 55.2 cm³/mol. The summed E-state index contributed by atoms with van der Waals surface area (Å²) in [5.74, 6) is 6.33. The molecule has 1 aliphatic heterocycles. The number of amides is 1. The van der Waals surface area contributed by atoms with Gasteiger partial charge in [-0.15, -0.1) is 0 Å². The van der Waals surface area contributed by atoms with E-state index in [4.69, 9.17) is 0 Å². The first-order chi connectivity index (χ1) is 6.68. The minimum absolute atomic E-state index is 0.172. The zero-order chi connectivity index (χ0) is 10.1. The lowest BCUT2D eigenvalue weighted by molar-refractivity contribution is -0.128. The van der Waals surface area contributed by atoms with Crippen LogP contribution in [0, 0.1) is 11.8 Å². The maximum absolute atomic E-state index is 11.4. The molecule has 0 spiro atoms. The largest absolute Gasteiger partial charge is 0.308 e. The second-order valence-corrected chi connectivity index (χ2v) is 3.80. The van der Waals surface area contributed by atoms with E-state index in [1.165, 1.54) is 11.1 Å². The van der Waals surface area contributed by atoms with E-state index in [-0.39, 0.29) is 5.91 Å². The van der Waals surface area contributed by atoms with Gasteiger partial charge in [-0.2, -0.15) is 0 Å². The van der Waals surface area contributed by atoms with Gasteiger partial charge in [-0.1, -0.05) is 17.6 Å². The smallest absolute Gasteiger partial charge is 0.227 e. The highest BCUT2D eigenvalue weighted by molar-refractivity contribution is 5.81. The van der Waals surface area contributed by atoms with E-state index in [2.05, 4.69) is 24.8 Å². The first-order valence-electron chi connectivity index (χ1n) is 4.84. The van der Waals surface area contributed by atoms with E-state index in [0.29, 0.717) is 6.42 Å². The van der Waals surface area contributed by atoms with Gasteiger partial charge in [-0.25, -0.2) is 0 Å². The lowest BCUT2D eigenvalue weighted by Crippen LogP contribution is -2.29. The third kappa shape index (κ3) is 1.46. The number of carbonyl (C=O) groups is 1. The summed E-state index contributed by atoms with van der Waals surface area (Å²) >= 11 is 0. The summed E-state index contributed by atoms with van der Waals surface area (Å²) < 4.78 is 0. The summed E-state index contributed by atoms with van der Waals surface area (Å²) in [6.45, 7) is 2.08. The van der Waals surface area contributed by atoms with Gasteiger partial charge in [0.25, 0.3) is 0 Å².